The average molecular weight is 1220 g/mol. The highest BCUT2D eigenvalue weighted by Crippen LogP contribution is 2.76. The largest absolute Gasteiger partial charge is 0.479 e. The molecular formula is C60H94O25. The average Bonchev–Trinajstić information content (AvgIpc) is 0.680. The molecule has 3 saturated heterocycles. The van der Waals surface area contributed by atoms with Crippen LogP contribution in [0, 0.1) is 56.2 Å². The minimum atomic E-state index is -2.14. The number of esters is 3. The first kappa shape index (κ1) is 67.6. The van der Waals surface area contributed by atoms with Crippen molar-refractivity contribution in [2.75, 3.05) is 19.8 Å². The minimum absolute atomic E-state index is 0.186. The molecule has 8 rings (SSSR count). The fourth-order valence-corrected chi connectivity index (χ4v) is 16.5. The number of fused-ring (bicyclic) bond motifs is 7. The third-order valence-corrected chi connectivity index (χ3v) is 22.2. The molecule has 0 bridgehead atoms. The lowest BCUT2D eigenvalue weighted by atomic mass is 9.32. The lowest BCUT2D eigenvalue weighted by Gasteiger charge is -2.73. The van der Waals surface area contributed by atoms with Crippen molar-refractivity contribution in [1.82, 2.24) is 0 Å². The molecule has 5 aliphatic carbocycles. The number of carboxylic acid groups (broad SMARTS) is 1. The summed E-state index contributed by atoms with van der Waals surface area (Å²) in [7, 11) is 0. The molecule has 12 N–H and O–H groups in total. The number of allylic oxidation sites excluding steroid dienone is 2. The number of aliphatic hydroxyl groups is 11. The summed E-state index contributed by atoms with van der Waals surface area (Å²) in [5, 5.41) is 135. The maximum Gasteiger partial charge on any atom is 0.347 e. The van der Waals surface area contributed by atoms with Crippen molar-refractivity contribution in [1.29, 1.82) is 0 Å². The molecule has 3 aliphatic heterocycles. The van der Waals surface area contributed by atoms with E-state index in [1.54, 1.807) is 20.8 Å². The molecule has 4 saturated carbocycles. The number of aliphatic hydroxyl groups excluding tert-OH is 11. The van der Waals surface area contributed by atoms with Crippen molar-refractivity contribution >= 4 is 23.9 Å². The Morgan fingerprint density at radius 1 is 0.729 bits per heavy atom. The predicted molar refractivity (Wildman–Crippen MR) is 292 cm³/mol. The van der Waals surface area contributed by atoms with Gasteiger partial charge in [0.25, 0.3) is 0 Å². The molecule has 0 aromatic carbocycles. The Hall–Kier alpha value is -3.32. The number of ether oxygens (including phenoxy) is 9. The van der Waals surface area contributed by atoms with Crippen LogP contribution in [0.15, 0.2) is 23.3 Å². The molecule has 0 aromatic rings. The molecule has 27 unspecified atom stereocenters. The normalized spacial score (nSPS) is 47.5. The number of hydrogen-bond acceptors (Lipinski definition) is 24. The Bertz CT molecular complexity index is 2500. The summed E-state index contributed by atoms with van der Waals surface area (Å²) in [4.78, 5) is 53.7. The summed E-state index contributed by atoms with van der Waals surface area (Å²) in [6.07, 6.45) is -27.9. The number of rotatable bonds is 16. The van der Waals surface area contributed by atoms with Crippen molar-refractivity contribution < 1.29 is 123 Å². The van der Waals surface area contributed by atoms with Gasteiger partial charge in [0.1, 0.15) is 67.1 Å². The second-order valence-corrected chi connectivity index (χ2v) is 27.5. The molecule has 25 heteroatoms. The van der Waals surface area contributed by atoms with E-state index in [0.717, 1.165) is 5.57 Å². The zero-order valence-electron chi connectivity index (χ0n) is 50.8. The molecule has 0 spiro atoms. The summed E-state index contributed by atoms with van der Waals surface area (Å²) in [5.41, 5.74) is -5.13. The molecule has 7 fully saturated rings. The summed E-state index contributed by atoms with van der Waals surface area (Å²) < 4.78 is 54.5. The Morgan fingerprint density at radius 3 is 1.98 bits per heavy atom. The van der Waals surface area contributed by atoms with E-state index < -0.39 is 211 Å². The number of carbonyl (C=O) groups is 4. The van der Waals surface area contributed by atoms with Crippen LogP contribution < -0.4 is 0 Å². The fourth-order valence-electron chi connectivity index (χ4n) is 16.5. The zero-order chi connectivity index (χ0) is 63.2. The first-order chi connectivity index (χ1) is 39.6. The van der Waals surface area contributed by atoms with E-state index in [1.807, 2.05) is 34.6 Å². The highest BCUT2D eigenvalue weighted by molar-refractivity contribution is 5.90. The van der Waals surface area contributed by atoms with E-state index >= 15 is 0 Å². The molecular weight excluding hydrogens is 1120 g/mol. The Balaban J connectivity index is 1.13. The first-order valence-electron chi connectivity index (χ1n) is 30.0. The second kappa shape index (κ2) is 24.8. The highest BCUT2D eigenvalue weighted by atomic mass is 16.8. The third-order valence-electron chi connectivity index (χ3n) is 22.2. The van der Waals surface area contributed by atoms with Crippen LogP contribution in [0.25, 0.3) is 0 Å². The van der Waals surface area contributed by atoms with E-state index in [0.29, 0.717) is 38.5 Å². The zero-order valence-corrected chi connectivity index (χ0v) is 50.8. The van der Waals surface area contributed by atoms with Crippen molar-refractivity contribution in [3.63, 3.8) is 0 Å². The summed E-state index contributed by atoms with van der Waals surface area (Å²) in [6.45, 7) is 19.8. The lowest BCUT2D eigenvalue weighted by Crippen LogP contribution is -2.76. The van der Waals surface area contributed by atoms with Crippen LogP contribution in [-0.4, -0.2) is 228 Å². The monoisotopic (exact) mass is 1210 g/mol. The molecule has 85 heavy (non-hydrogen) atoms. The summed E-state index contributed by atoms with van der Waals surface area (Å²) in [5.74, 6) is -5.77. The van der Waals surface area contributed by atoms with Gasteiger partial charge < -0.3 is 104 Å². The van der Waals surface area contributed by atoms with Crippen LogP contribution in [0.1, 0.15) is 128 Å². The van der Waals surface area contributed by atoms with Gasteiger partial charge in [-0.05, 0) is 99.7 Å². The van der Waals surface area contributed by atoms with Crippen LogP contribution in [0.4, 0.5) is 0 Å². The first-order valence-corrected chi connectivity index (χ1v) is 30.0. The van der Waals surface area contributed by atoms with Crippen LogP contribution >= 0.6 is 0 Å². The molecule has 25 nitrogen and oxygen atoms in total. The summed E-state index contributed by atoms with van der Waals surface area (Å²) >= 11 is 0. The molecule has 8 aliphatic rings. The Kier molecular flexibility index (Phi) is 19.7. The summed E-state index contributed by atoms with van der Waals surface area (Å²) in [6, 6.07) is 0. The van der Waals surface area contributed by atoms with Crippen molar-refractivity contribution in [2.24, 2.45) is 56.2 Å². The van der Waals surface area contributed by atoms with Gasteiger partial charge in [0.15, 0.2) is 37.2 Å². The van der Waals surface area contributed by atoms with Crippen LogP contribution in [0.5, 0.6) is 0 Å². The smallest absolute Gasteiger partial charge is 0.347 e. The third kappa shape index (κ3) is 11.1. The van der Waals surface area contributed by atoms with Crippen molar-refractivity contribution in [3.05, 3.63) is 23.3 Å². The predicted octanol–water partition coefficient (Wildman–Crippen LogP) is 0.274. The standard InChI is InChI=1S/C60H94O25/c1-13-25(3)49(74)78-27(5)51(76)84-46-47(85-50(75)26(4)14-2)60(24-62)29(21-55(46,6)7)28-15-16-33-57(10)19-18-34(56(8,9)32(57)17-20-58(33,11)59(28,12)44(70)45(60)71)80-54-43(83-53-39(68)37(66)36(65)31(22-61)79-53)41(40(69)42(82-54)48(72)73)81-52-38(67)35(64)30(63)23-77-52/h13,15,26-27,29-47,52-54,61-71H,14,16-24H2,1-12H3,(H,72,73)/b25-13-/t26?,27?,29?,30?,31?,32?,33?,34?,35?,36?,37?,38?,39?,40?,41?,42?,43?,44?,45?,46?,47?,52?,53?,54-,57?,58?,59?,60?/m1/s1. The second-order valence-electron chi connectivity index (χ2n) is 27.5. The van der Waals surface area contributed by atoms with Gasteiger partial charge in [-0.25, -0.2) is 14.4 Å². The minimum Gasteiger partial charge on any atom is -0.479 e. The number of hydrogen-bond donors (Lipinski definition) is 12. The Morgan fingerprint density at radius 2 is 1.36 bits per heavy atom. The van der Waals surface area contributed by atoms with Crippen molar-refractivity contribution in [2.45, 2.75) is 251 Å². The fraction of sp³-hybridized carbons (Fsp3) is 0.867. The molecule has 28 atom stereocenters. The van der Waals surface area contributed by atoms with Crippen molar-refractivity contribution in [3.8, 4) is 0 Å². The van der Waals surface area contributed by atoms with Gasteiger partial charge in [-0.1, -0.05) is 80.0 Å². The molecule has 3 heterocycles. The molecule has 484 valence electrons. The number of aliphatic carboxylic acids is 1. The van der Waals surface area contributed by atoms with Gasteiger partial charge >= 0.3 is 23.9 Å². The van der Waals surface area contributed by atoms with E-state index in [9.17, 15) is 80.5 Å². The van der Waals surface area contributed by atoms with Crippen LogP contribution in [0.3, 0.4) is 0 Å². The van der Waals surface area contributed by atoms with Gasteiger partial charge in [-0.3, -0.25) is 4.79 Å². The van der Waals surface area contributed by atoms with Gasteiger partial charge in [-0.15, -0.1) is 0 Å². The molecule has 0 aromatic heterocycles. The van der Waals surface area contributed by atoms with E-state index in [2.05, 4.69) is 19.9 Å². The quantitative estimate of drug-likeness (QED) is 0.0324. The van der Waals surface area contributed by atoms with Gasteiger partial charge in [0.05, 0.1) is 49.5 Å². The van der Waals surface area contributed by atoms with Crippen LogP contribution in [0.2, 0.25) is 0 Å². The highest BCUT2D eigenvalue weighted by Gasteiger charge is 2.76. The van der Waals surface area contributed by atoms with Crippen LogP contribution in [-0.2, 0) is 61.8 Å². The SMILES string of the molecule is C/C=C(/C)C(=O)OC(C)C(=O)OC1C(OC(=O)C(C)CC)C2(CO)C(CC1(C)C)C1=CCC3C4(C)CCC(O[C@@H]5OC(C(=O)O)C(O)C(OC6OCC(O)C(O)C6O)C5OC5OC(CO)C(O)C(O)C5O)C(C)(C)C4CCC3(C)C1(C)C(O)C2O. The van der Waals surface area contributed by atoms with Gasteiger partial charge in [0.2, 0.25) is 0 Å². The maximum atomic E-state index is 14.1. The van der Waals surface area contributed by atoms with Gasteiger partial charge in [-0.2, -0.15) is 0 Å². The lowest BCUT2D eigenvalue weighted by molar-refractivity contribution is -0.392. The number of carboxylic acids is 1. The molecule has 0 radical (unpaired) electrons. The topological polar surface area (TPSA) is 394 Å². The molecule has 0 amide bonds. The van der Waals surface area contributed by atoms with Gasteiger partial charge in [0, 0.05) is 16.4 Å². The Labute approximate surface area is 495 Å². The van der Waals surface area contributed by atoms with E-state index in [4.69, 9.17) is 42.6 Å². The number of carbonyl (C=O) groups excluding carboxylic acids is 3. The van der Waals surface area contributed by atoms with E-state index in [-0.39, 0.29) is 23.8 Å². The maximum absolute atomic E-state index is 14.1. The van der Waals surface area contributed by atoms with E-state index in [1.165, 1.54) is 19.9 Å².